The Bertz CT molecular complexity index is 338. The van der Waals surface area contributed by atoms with E-state index in [1.165, 1.54) is 0 Å². The first kappa shape index (κ1) is 9.73. The number of nitrogens with zero attached hydrogens (tertiary/aromatic N) is 1. The number of hydrogen-bond donors (Lipinski definition) is 0. The maximum atomic E-state index is 12.4. The van der Waals surface area contributed by atoms with E-state index < -0.39 is 0 Å². The molecular weight excluding hydrogens is 165 g/mol. The van der Waals surface area contributed by atoms with Crippen LogP contribution in [-0.2, 0) is 0 Å². The Morgan fingerprint density at radius 3 is 2.77 bits per heavy atom. The molecule has 0 aliphatic carbocycles. The zero-order valence-corrected chi connectivity index (χ0v) is 7.84. The lowest BCUT2D eigenvalue weighted by atomic mass is 9.94. The topological polar surface area (TPSA) is 23.8 Å². The van der Waals surface area contributed by atoms with Gasteiger partial charge in [-0.25, -0.2) is 0 Å². The summed E-state index contributed by atoms with van der Waals surface area (Å²) < 4.78 is 12.4. The number of nitriles is 1. The first-order valence-corrected chi connectivity index (χ1v) is 4.26. The van der Waals surface area contributed by atoms with Crippen LogP contribution in [0.5, 0.6) is 0 Å². The van der Waals surface area contributed by atoms with E-state index in [2.05, 4.69) is 6.07 Å². The molecule has 0 radical (unpaired) electrons. The average molecular weight is 177 g/mol. The van der Waals surface area contributed by atoms with Crippen molar-refractivity contribution in [3.8, 4) is 6.07 Å². The molecule has 0 heterocycles. The molecule has 2 heteroatoms. The molecule has 0 spiro atoms. The number of hydrogen-bond acceptors (Lipinski definition) is 1. The maximum Gasteiger partial charge on any atom is 0.0994 e. The molecule has 1 nitrogen and oxygen atoms in total. The van der Waals surface area contributed by atoms with Crippen LogP contribution in [0.1, 0.15) is 29.5 Å². The van der Waals surface area contributed by atoms with Crippen molar-refractivity contribution in [2.45, 2.75) is 19.8 Å². The van der Waals surface area contributed by atoms with Gasteiger partial charge in [-0.15, -0.1) is 0 Å². The minimum atomic E-state index is -0.379. The van der Waals surface area contributed by atoms with E-state index in [1.54, 1.807) is 12.1 Å². The van der Waals surface area contributed by atoms with E-state index >= 15 is 0 Å². The second kappa shape index (κ2) is 4.04. The number of rotatable bonds is 2. The highest BCUT2D eigenvalue weighted by Crippen LogP contribution is 2.22. The number of alkyl halides is 1. The third-order valence-electron chi connectivity index (χ3n) is 2.26. The van der Waals surface area contributed by atoms with Crippen molar-refractivity contribution in [2.24, 2.45) is 0 Å². The molecule has 13 heavy (non-hydrogen) atoms. The summed E-state index contributed by atoms with van der Waals surface area (Å²) in [5.41, 5.74) is 2.47. The maximum absolute atomic E-state index is 12.4. The van der Waals surface area contributed by atoms with E-state index in [4.69, 9.17) is 5.26 Å². The van der Waals surface area contributed by atoms with Crippen LogP contribution < -0.4 is 0 Å². The monoisotopic (exact) mass is 177 g/mol. The lowest BCUT2D eigenvalue weighted by molar-refractivity contribution is 0.446. The minimum Gasteiger partial charge on any atom is -0.250 e. The number of halogens is 1. The molecule has 1 atom stereocenters. The van der Waals surface area contributed by atoms with Crippen molar-refractivity contribution in [1.29, 1.82) is 5.26 Å². The molecule has 0 bridgehead atoms. The molecular formula is C11H12FN. The standard InChI is InChI=1S/C11H12FN/c1-8(6-12)11-5-3-4-10(7-13)9(11)2/h3-5,8H,6H2,1-2H3. The van der Waals surface area contributed by atoms with Crippen molar-refractivity contribution in [1.82, 2.24) is 0 Å². The summed E-state index contributed by atoms with van der Waals surface area (Å²) in [5, 5.41) is 8.75. The van der Waals surface area contributed by atoms with Gasteiger partial charge in [-0.3, -0.25) is 4.39 Å². The third kappa shape index (κ3) is 1.86. The summed E-state index contributed by atoms with van der Waals surface area (Å²) in [6, 6.07) is 7.52. The highest BCUT2D eigenvalue weighted by Gasteiger charge is 2.09. The average Bonchev–Trinajstić information content (AvgIpc) is 2.17. The quantitative estimate of drug-likeness (QED) is 0.681. The van der Waals surface area contributed by atoms with Crippen LogP contribution in [-0.4, -0.2) is 6.67 Å². The molecule has 0 aliphatic rings. The molecule has 1 aromatic carbocycles. The zero-order valence-electron chi connectivity index (χ0n) is 7.84. The molecule has 0 N–H and O–H groups in total. The Balaban J connectivity index is 3.17. The Labute approximate surface area is 77.8 Å². The van der Waals surface area contributed by atoms with E-state index in [9.17, 15) is 4.39 Å². The van der Waals surface area contributed by atoms with Gasteiger partial charge >= 0.3 is 0 Å². The van der Waals surface area contributed by atoms with Crippen LogP contribution >= 0.6 is 0 Å². The highest BCUT2D eigenvalue weighted by molar-refractivity contribution is 5.43. The molecule has 1 unspecified atom stereocenters. The normalized spacial score (nSPS) is 12.2. The molecule has 0 fully saturated rings. The van der Waals surface area contributed by atoms with Gasteiger partial charge in [0.25, 0.3) is 0 Å². The predicted molar refractivity (Wildman–Crippen MR) is 50.3 cm³/mol. The van der Waals surface area contributed by atoms with Crippen LogP contribution in [0.2, 0.25) is 0 Å². The first-order chi connectivity index (χ1) is 6.20. The molecule has 0 saturated carbocycles. The van der Waals surface area contributed by atoms with Crippen LogP contribution in [0.15, 0.2) is 18.2 Å². The number of benzene rings is 1. The van der Waals surface area contributed by atoms with Gasteiger partial charge in [-0.05, 0) is 24.1 Å². The van der Waals surface area contributed by atoms with Crippen LogP contribution in [0, 0.1) is 18.3 Å². The molecule has 1 aromatic rings. The second-order valence-corrected chi connectivity index (χ2v) is 3.19. The van der Waals surface area contributed by atoms with Gasteiger partial charge in [-0.1, -0.05) is 19.1 Å². The SMILES string of the molecule is Cc1c(C#N)cccc1C(C)CF. The minimum absolute atomic E-state index is 0.117. The summed E-state index contributed by atoms with van der Waals surface area (Å²) in [6.07, 6.45) is 0. The van der Waals surface area contributed by atoms with Crippen molar-refractivity contribution < 1.29 is 4.39 Å². The van der Waals surface area contributed by atoms with Crippen molar-refractivity contribution in [3.63, 3.8) is 0 Å². The smallest absolute Gasteiger partial charge is 0.0994 e. The molecule has 68 valence electrons. The van der Waals surface area contributed by atoms with Gasteiger partial charge in [0.05, 0.1) is 18.3 Å². The van der Waals surface area contributed by atoms with Gasteiger partial charge in [0.2, 0.25) is 0 Å². The van der Waals surface area contributed by atoms with E-state index in [0.29, 0.717) is 5.56 Å². The summed E-state index contributed by atoms with van der Waals surface area (Å²) in [7, 11) is 0. The van der Waals surface area contributed by atoms with Crippen LogP contribution in [0.3, 0.4) is 0 Å². The van der Waals surface area contributed by atoms with Crippen LogP contribution in [0.25, 0.3) is 0 Å². The Morgan fingerprint density at radius 2 is 2.23 bits per heavy atom. The second-order valence-electron chi connectivity index (χ2n) is 3.19. The summed E-state index contributed by atoms with van der Waals surface area (Å²) >= 11 is 0. The van der Waals surface area contributed by atoms with E-state index in [-0.39, 0.29) is 12.6 Å². The van der Waals surface area contributed by atoms with Gasteiger partial charge in [0.1, 0.15) is 0 Å². The predicted octanol–water partition coefficient (Wildman–Crippen LogP) is 2.94. The van der Waals surface area contributed by atoms with Crippen molar-refractivity contribution >= 4 is 0 Å². The fourth-order valence-corrected chi connectivity index (χ4v) is 1.39. The fraction of sp³-hybridized carbons (Fsp3) is 0.364. The largest absolute Gasteiger partial charge is 0.250 e. The zero-order chi connectivity index (χ0) is 9.84. The highest BCUT2D eigenvalue weighted by atomic mass is 19.1. The Morgan fingerprint density at radius 1 is 1.54 bits per heavy atom. The van der Waals surface area contributed by atoms with Gasteiger partial charge in [0.15, 0.2) is 0 Å². The molecule has 0 aromatic heterocycles. The Kier molecular flexibility index (Phi) is 3.02. The lowest BCUT2D eigenvalue weighted by Gasteiger charge is -2.11. The molecule has 0 amide bonds. The van der Waals surface area contributed by atoms with E-state index in [1.807, 2.05) is 19.9 Å². The van der Waals surface area contributed by atoms with Gasteiger partial charge in [0, 0.05) is 5.92 Å². The summed E-state index contributed by atoms with van der Waals surface area (Å²) in [5.74, 6) is -0.117. The van der Waals surface area contributed by atoms with Crippen molar-refractivity contribution in [3.05, 3.63) is 34.9 Å². The lowest BCUT2D eigenvalue weighted by Crippen LogP contribution is -1.99. The van der Waals surface area contributed by atoms with E-state index in [0.717, 1.165) is 11.1 Å². The molecule has 0 aliphatic heterocycles. The fourth-order valence-electron chi connectivity index (χ4n) is 1.39. The Hall–Kier alpha value is -1.36. The van der Waals surface area contributed by atoms with Gasteiger partial charge in [-0.2, -0.15) is 5.26 Å². The summed E-state index contributed by atoms with van der Waals surface area (Å²) in [4.78, 5) is 0. The first-order valence-electron chi connectivity index (χ1n) is 4.26. The molecule has 0 saturated heterocycles. The van der Waals surface area contributed by atoms with Crippen LogP contribution in [0.4, 0.5) is 4.39 Å². The summed E-state index contributed by atoms with van der Waals surface area (Å²) in [6.45, 7) is 3.30. The van der Waals surface area contributed by atoms with Crippen molar-refractivity contribution in [2.75, 3.05) is 6.67 Å². The van der Waals surface area contributed by atoms with Gasteiger partial charge < -0.3 is 0 Å². The third-order valence-corrected chi connectivity index (χ3v) is 2.26. The molecule has 1 rings (SSSR count).